The third-order valence-electron chi connectivity index (χ3n) is 2.78. The molecule has 0 aliphatic heterocycles. The second-order valence-corrected chi connectivity index (χ2v) is 7.18. The van der Waals surface area contributed by atoms with Gasteiger partial charge in [-0.05, 0) is 52.7 Å². The molecular formula is C14H13Br2NOS. The van der Waals surface area contributed by atoms with Gasteiger partial charge in [0.1, 0.15) is 0 Å². The van der Waals surface area contributed by atoms with E-state index in [2.05, 4.69) is 31.9 Å². The largest absolute Gasteiger partial charge is 0.337 e. The molecule has 0 radical (unpaired) electrons. The van der Waals surface area contributed by atoms with E-state index in [1.54, 1.807) is 16.2 Å². The SMILES string of the molecule is Cc1cc(Br)ccc1C(=O)N(C)Cc1cc(Br)cs1. The Morgan fingerprint density at radius 1 is 1.26 bits per heavy atom. The van der Waals surface area contributed by atoms with Crippen LogP contribution in [-0.2, 0) is 6.54 Å². The van der Waals surface area contributed by atoms with Crippen molar-refractivity contribution in [1.29, 1.82) is 0 Å². The molecule has 1 amide bonds. The van der Waals surface area contributed by atoms with Crippen molar-refractivity contribution in [3.8, 4) is 0 Å². The van der Waals surface area contributed by atoms with Crippen LogP contribution in [-0.4, -0.2) is 17.9 Å². The van der Waals surface area contributed by atoms with E-state index in [1.165, 1.54) is 0 Å². The van der Waals surface area contributed by atoms with Crippen LogP contribution in [0.15, 0.2) is 38.6 Å². The maximum absolute atomic E-state index is 12.4. The number of halogens is 2. The van der Waals surface area contributed by atoms with Gasteiger partial charge in [-0.2, -0.15) is 0 Å². The van der Waals surface area contributed by atoms with Gasteiger partial charge in [0.25, 0.3) is 5.91 Å². The topological polar surface area (TPSA) is 20.3 Å². The van der Waals surface area contributed by atoms with Crippen molar-refractivity contribution in [1.82, 2.24) is 4.90 Å². The monoisotopic (exact) mass is 401 g/mol. The Bertz CT molecular complexity index is 609. The van der Waals surface area contributed by atoms with Crippen molar-refractivity contribution < 1.29 is 4.79 Å². The standard InChI is InChI=1S/C14H13Br2NOS/c1-9-5-10(15)3-4-13(9)14(18)17(2)7-12-6-11(16)8-19-12/h3-6,8H,7H2,1-2H3. The second kappa shape index (κ2) is 6.20. The Morgan fingerprint density at radius 2 is 2.00 bits per heavy atom. The Hall–Kier alpha value is -0.650. The van der Waals surface area contributed by atoms with Crippen LogP contribution in [0.2, 0.25) is 0 Å². The molecule has 0 aliphatic rings. The Labute approximate surface area is 133 Å². The molecule has 19 heavy (non-hydrogen) atoms. The lowest BCUT2D eigenvalue weighted by molar-refractivity contribution is 0.0785. The lowest BCUT2D eigenvalue weighted by Gasteiger charge is -2.17. The first kappa shape index (κ1) is 14.8. The highest BCUT2D eigenvalue weighted by Crippen LogP contribution is 2.22. The summed E-state index contributed by atoms with van der Waals surface area (Å²) in [6.07, 6.45) is 0. The smallest absolute Gasteiger partial charge is 0.254 e. The van der Waals surface area contributed by atoms with Crippen LogP contribution in [0.5, 0.6) is 0 Å². The molecule has 5 heteroatoms. The quantitative estimate of drug-likeness (QED) is 0.718. The van der Waals surface area contributed by atoms with Crippen LogP contribution in [0.4, 0.5) is 0 Å². The van der Waals surface area contributed by atoms with E-state index in [0.717, 1.165) is 24.9 Å². The molecule has 0 aliphatic carbocycles. The minimum atomic E-state index is 0.0505. The van der Waals surface area contributed by atoms with Gasteiger partial charge in [0.15, 0.2) is 0 Å². The number of carbonyl (C=O) groups excluding carboxylic acids is 1. The fourth-order valence-corrected chi connectivity index (χ4v) is 3.79. The van der Waals surface area contributed by atoms with Crippen molar-refractivity contribution >= 4 is 49.1 Å². The van der Waals surface area contributed by atoms with Crippen LogP contribution in [0.25, 0.3) is 0 Å². The number of rotatable bonds is 3. The second-order valence-electron chi connectivity index (χ2n) is 4.35. The summed E-state index contributed by atoms with van der Waals surface area (Å²) in [6.45, 7) is 2.58. The van der Waals surface area contributed by atoms with Gasteiger partial charge in [-0.25, -0.2) is 0 Å². The number of hydrogen-bond donors (Lipinski definition) is 0. The van der Waals surface area contributed by atoms with E-state index in [0.29, 0.717) is 6.54 Å². The molecule has 0 saturated carbocycles. The van der Waals surface area contributed by atoms with Crippen molar-refractivity contribution in [3.05, 3.63) is 54.6 Å². The number of hydrogen-bond acceptors (Lipinski definition) is 2. The molecule has 2 aromatic rings. The van der Waals surface area contributed by atoms with E-state index >= 15 is 0 Å². The summed E-state index contributed by atoms with van der Waals surface area (Å²) in [5.74, 6) is 0.0505. The van der Waals surface area contributed by atoms with Gasteiger partial charge >= 0.3 is 0 Å². The fourth-order valence-electron chi connectivity index (χ4n) is 1.81. The van der Waals surface area contributed by atoms with Crippen LogP contribution >= 0.6 is 43.2 Å². The molecule has 1 aromatic carbocycles. The fraction of sp³-hybridized carbons (Fsp3) is 0.214. The van der Waals surface area contributed by atoms with E-state index in [4.69, 9.17) is 0 Å². The molecule has 2 rings (SSSR count). The number of carbonyl (C=O) groups is 1. The highest BCUT2D eigenvalue weighted by atomic mass is 79.9. The Kier molecular flexibility index (Phi) is 4.81. The molecule has 0 atom stereocenters. The zero-order valence-corrected chi connectivity index (χ0v) is 14.6. The van der Waals surface area contributed by atoms with Crippen LogP contribution in [0, 0.1) is 6.92 Å². The van der Waals surface area contributed by atoms with E-state index in [9.17, 15) is 4.79 Å². The Morgan fingerprint density at radius 3 is 2.58 bits per heavy atom. The van der Waals surface area contributed by atoms with E-state index < -0.39 is 0 Å². The van der Waals surface area contributed by atoms with Crippen LogP contribution in [0.3, 0.4) is 0 Å². The third-order valence-corrected chi connectivity index (χ3v) is 4.96. The molecule has 0 fully saturated rings. The molecule has 2 nitrogen and oxygen atoms in total. The minimum Gasteiger partial charge on any atom is -0.337 e. The van der Waals surface area contributed by atoms with Crippen LogP contribution < -0.4 is 0 Å². The molecule has 0 bridgehead atoms. The highest BCUT2D eigenvalue weighted by molar-refractivity contribution is 9.10. The lowest BCUT2D eigenvalue weighted by Crippen LogP contribution is -2.26. The van der Waals surface area contributed by atoms with E-state index in [-0.39, 0.29) is 5.91 Å². The van der Waals surface area contributed by atoms with Crippen molar-refractivity contribution in [2.75, 3.05) is 7.05 Å². The summed E-state index contributed by atoms with van der Waals surface area (Å²) in [4.78, 5) is 15.3. The first-order chi connectivity index (χ1) is 8.97. The zero-order chi connectivity index (χ0) is 14.0. The molecule has 1 aromatic heterocycles. The van der Waals surface area contributed by atoms with E-state index in [1.807, 2.05) is 43.6 Å². The minimum absolute atomic E-state index is 0.0505. The molecule has 0 saturated heterocycles. The maximum Gasteiger partial charge on any atom is 0.254 e. The zero-order valence-electron chi connectivity index (χ0n) is 10.6. The Balaban J connectivity index is 2.14. The van der Waals surface area contributed by atoms with Gasteiger partial charge in [0.2, 0.25) is 0 Å². The van der Waals surface area contributed by atoms with Gasteiger partial charge < -0.3 is 4.90 Å². The molecule has 0 spiro atoms. The van der Waals surface area contributed by atoms with Crippen molar-refractivity contribution in [3.63, 3.8) is 0 Å². The predicted octanol–water partition coefficient (Wildman–Crippen LogP) is 4.85. The number of nitrogens with zero attached hydrogens (tertiary/aromatic N) is 1. The first-order valence-corrected chi connectivity index (χ1v) is 8.18. The number of amides is 1. The summed E-state index contributed by atoms with van der Waals surface area (Å²) in [5, 5.41) is 2.03. The molecule has 0 unspecified atom stereocenters. The highest BCUT2D eigenvalue weighted by Gasteiger charge is 2.15. The molecule has 1 heterocycles. The first-order valence-electron chi connectivity index (χ1n) is 5.72. The summed E-state index contributed by atoms with van der Waals surface area (Å²) < 4.78 is 2.06. The number of benzene rings is 1. The van der Waals surface area contributed by atoms with Crippen molar-refractivity contribution in [2.45, 2.75) is 13.5 Å². The summed E-state index contributed by atoms with van der Waals surface area (Å²) >= 11 is 8.48. The summed E-state index contributed by atoms with van der Waals surface area (Å²) in [7, 11) is 1.83. The van der Waals surface area contributed by atoms with Crippen molar-refractivity contribution in [2.24, 2.45) is 0 Å². The number of thiophene rings is 1. The average Bonchev–Trinajstić information content (AvgIpc) is 2.74. The van der Waals surface area contributed by atoms with Gasteiger partial charge in [0.05, 0.1) is 6.54 Å². The normalized spacial score (nSPS) is 10.5. The summed E-state index contributed by atoms with van der Waals surface area (Å²) in [5.41, 5.74) is 1.74. The lowest BCUT2D eigenvalue weighted by atomic mass is 10.1. The molecule has 0 N–H and O–H groups in total. The third kappa shape index (κ3) is 3.68. The van der Waals surface area contributed by atoms with Gasteiger partial charge in [-0.3, -0.25) is 4.79 Å². The van der Waals surface area contributed by atoms with Gasteiger partial charge in [-0.1, -0.05) is 15.9 Å². The van der Waals surface area contributed by atoms with Gasteiger partial charge in [-0.15, -0.1) is 11.3 Å². The molecule has 100 valence electrons. The van der Waals surface area contributed by atoms with Gasteiger partial charge in [0, 0.05) is 31.8 Å². The average molecular weight is 403 g/mol. The molecular weight excluding hydrogens is 390 g/mol. The predicted molar refractivity (Wildman–Crippen MR) is 86.7 cm³/mol. The summed E-state index contributed by atoms with van der Waals surface area (Å²) in [6, 6.07) is 7.77. The maximum atomic E-state index is 12.4. The van der Waals surface area contributed by atoms with Crippen LogP contribution in [0.1, 0.15) is 20.8 Å². The number of aryl methyl sites for hydroxylation is 1.